The van der Waals surface area contributed by atoms with Gasteiger partial charge < -0.3 is 15.2 Å². The molecule has 2 unspecified atom stereocenters. The van der Waals surface area contributed by atoms with E-state index in [1.165, 1.54) is 0 Å². The van der Waals surface area contributed by atoms with Crippen LogP contribution in [0.2, 0.25) is 0 Å². The summed E-state index contributed by atoms with van der Waals surface area (Å²) < 4.78 is 4.84. The molecule has 0 aliphatic heterocycles. The van der Waals surface area contributed by atoms with Gasteiger partial charge in [-0.15, -0.1) is 0 Å². The van der Waals surface area contributed by atoms with Crippen molar-refractivity contribution in [2.24, 2.45) is 5.92 Å². The number of carbonyl (C=O) groups is 1. The highest BCUT2D eigenvalue weighted by molar-refractivity contribution is 5.86. The molecule has 0 aromatic carbocycles. The Labute approximate surface area is 97.7 Å². The Bertz CT molecular complexity index is 228. The van der Waals surface area contributed by atoms with Gasteiger partial charge in [-0.25, -0.2) is 4.79 Å². The highest BCUT2D eigenvalue weighted by atomic mass is 16.5. The fourth-order valence-electron chi connectivity index (χ4n) is 1.10. The van der Waals surface area contributed by atoms with Gasteiger partial charge in [0.25, 0.3) is 0 Å². The summed E-state index contributed by atoms with van der Waals surface area (Å²) in [5.74, 6) is 0.200. The molecule has 94 valence electrons. The maximum absolute atomic E-state index is 11.0. The molecule has 2 atom stereocenters. The monoisotopic (exact) mass is 230 g/mol. The van der Waals surface area contributed by atoms with Gasteiger partial charge in [-0.2, -0.15) is 0 Å². The van der Waals surface area contributed by atoms with Gasteiger partial charge in [0.15, 0.2) is 0 Å². The zero-order valence-corrected chi connectivity index (χ0v) is 10.5. The largest absolute Gasteiger partial charge is 0.459 e. The first kappa shape index (κ1) is 15.1. The van der Waals surface area contributed by atoms with E-state index in [0.29, 0.717) is 18.0 Å². The third kappa shape index (κ3) is 7.43. The molecule has 0 spiro atoms. The van der Waals surface area contributed by atoms with Crippen molar-refractivity contribution in [1.29, 1.82) is 0 Å². The molecule has 0 aliphatic rings. The molecule has 0 saturated heterocycles. The molecule has 0 radical (unpaired) electrons. The van der Waals surface area contributed by atoms with Crippen LogP contribution in [0.15, 0.2) is 12.2 Å². The summed E-state index contributed by atoms with van der Waals surface area (Å²) in [7, 11) is 0. The van der Waals surface area contributed by atoms with E-state index in [9.17, 15) is 9.90 Å². The van der Waals surface area contributed by atoms with Crippen LogP contribution in [0.3, 0.4) is 0 Å². The summed E-state index contributed by atoms with van der Waals surface area (Å²) >= 11 is 0. The predicted octanol–water partition coefficient (Wildman–Crippen LogP) is 0.0761. The third-order valence-corrected chi connectivity index (χ3v) is 2.46. The van der Waals surface area contributed by atoms with Crippen LogP contribution in [-0.4, -0.2) is 36.9 Å². The first-order valence-electron chi connectivity index (χ1n) is 5.79. The Morgan fingerprint density at radius 2 is 2.12 bits per heavy atom. The Morgan fingerprint density at radius 1 is 1.50 bits per heavy atom. The molecule has 0 aliphatic carbocycles. The minimum atomic E-state index is -0.604. The van der Waals surface area contributed by atoms with Crippen molar-refractivity contribution in [1.82, 2.24) is 0 Å². The van der Waals surface area contributed by atoms with Crippen LogP contribution in [0.5, 0.6) is 0 Å². The van der Waals surface area contributed by atoms with Crippen molar-refractivity contribution in [3.63, 3.8) is 0 Å². The summed E-state index contributed by atoms with van der Waals surface area (Å²) in [5, 5.41) is 11.6. The lowest BCUT2D eigenvalue weighted by molar-refractivity contribution is -0.666. The number of rotatable bonds is 8. The molecule has 4 heteroatoms. The quantitative estimate of drug-likeness (QED) is 0.458. The molecule has 0 heterocycles. The van der Waals surface area contributed by atoms with Crippen molar-refractivity contribution in [2.45, 2.75) is 33.3 Å². The summed E-state index contributed by atoms with van der Waals surface area (Å²) in [5.41, 5.74) is 0.357. The second-order valence-corrected chi connectivity index (χ2v) is 4.31. The second-order valence-electron chi connectivity index (χ2n) is 4.31. The number of ether oxygens (including phenoxy) is 1. The van der Waals surface area contributed by atoms with Gasteiger partial charge in [0.05, 0.1) is 6.54 Å². The zero-order valence-electron chi connectivity index (χ0n) is 10.5. The van der Waals surface area contributed by atoms with Gasteiger partial charge in [-0.1, -0.05) is 20.4 Å². The van der Waals surface area contributed by atoms with Gasteiger partial charge in [0, 0.05) is 11.5 Å². The molecule has 0 rings (SSSR count). The number of aliphatic hydroxyl groups excluding tert-OH is 1. The Balaban J connectivity index is 3.55. The number of nitrogens with two attached hydrogens (primary N) is 1. The molecule has 4 nitrogen and oxygen atoms in total. The number of quaternary nitrogens is 1. The fraction of sp³-hybridized carbons (Fsp3) is 0.750. The Kier molecular flexibility index (Phi) is 7.85. The fourth-order valence-corrected chi connectivity index (χ4v) is 1.10. The Morgan fingerprint density at radius 3 is 2.62 bits per heavy atom. The lowest BCUT2D eigenvalue weighted by Crippen LogP contribution is -2.87. The molecular formula is C12H24NO3+. The molecular weight excluding hydrogens is 206 g/mol. The van der Waals surface area contributed by atoms with Crippen LogP contribution < -0.4 is 5.32 Å². The highest BCUT2D eigenvalue weighted by Gasteiger charge is 2.11. The summed E-state index contributed by atoms with van der Waals surface area (Å²) in [4.78, 5) is 11.0. The lowest BCUT2D eigenvalue weighted by atomic mass is 10.1. The van der Waals surface area contributed by atoms with Crippen LogP contribution in [-0.2, 0) is 9.53 Å². The van der Waals surface area contributed by atoms with E-state index in [2.05, 4.69) is 20.4 Å². The molecule has 0 fully saturated rings. The van der Waals surface area contributed by atoms with E-state index in [0.717, 1.165) is 13.0 Å². The number of hydrogen-bond acceptors (Lipinski definition) is 3. The predicted molar refractivity (Wildman–Crippen MR) is 62.9 cm³/mol. The third-order valence-electron chi connectivity index (χ3n) is 2.46. The van der Waals surface area contributed by atoms with Gasteiger partial charge in [0.1, 0.15) is 19.3 Å². The minimum Gasteiger partial charge on any atom is -0.459 e. The summed E-state index contributed by atoms with van der Waals surface area (Å²) in [6.45, 7) is 11.0. The van der Waals surface area contributed by atoms with Crippen LogP contribution >= 0.6 is 0 Å². The number of hydrogen-bond donors (Lipinski definition) is 2. The number of aliphatic hydroxyl groups is 1. The van der Waals surface area contributed by atoms with E-state index in [1.807, 2.05) is 5.32 Å². The van der Waals surface area contributed by atoms with Gasteiger partial charge in [-0.05, 0) is 13.3 Å². The maximum Gasteiger partial charge on any atom is 0.333 e. The number of esters is 1. The second kappa shape index (κ2) is 8.30. The van der Waals surface area contributed by atoms with Crippen LogP contribution in [0.1, 0.15) is 27.2 Å². The maximum atomic E-state index is 11.0. The summed E-state index contributed by atoms with van der Waals surface area (Å²) in [6, 6.07) is 0. The molecule has 0 amide bonds. The van der Waals surface area contributed by atoms with Crippen LogP contribution in [0.25, 0.3) is 0 Å². The van der Waals surface area contributed by atoms with Crippen molar-refractivity contribution in [2.75, 3.05) is 19.7 Å². The molecule has 0 aromatic heterocycles. The first-order valence-corrected chi connectivity index (χ1v) is 5.79. The van der Waals surface area contributed by atoms with E-state index < -0.39 is 12.1 Å². The topological polar surface area (TPSA) is 63.1 Å². The molecule has 0 aromatic rings. The van der Waals surface area contributed by atoms with Gasteiger partial charge in [0.2, 0.25) is 0 Å². The van der Waals surface area contributed by atoms with Crippen LogP contribution in [0.4, 0.5) is 0 Å². The first-order chi connectivity index (χ1) is 7.47. The van der Waals surface area contributed by atoms with E-state index in [1.54, 1.807) is 6.92 Å². The van der Waals surface area contributed by atoms with Gasteiger partial charge in [-0.3, -0.25) is 0 Å². The van der Waals surface area contributed by atoms with Crippen molar-refractivity contribution in [3.05, 3.63) is 12.2 Å². The molecule has 0 bridgehead atoms. The normalized spacial score (nSPS) is 14.2. The lowest BCUT2D eigenvalue weighted by Gasteiger charge is -2.12. The van der Waals surface area contributed by atoms with E-state index in [4.69, 9.17) is 4.74 Å². The highest BCUT2D eigenvalue weighted by Crippen LogP contribution is 1.95. The zero-order chi connectivity index (χ0) is 12.6. The number of carbonyl (C=O) groups excluding carboxylic acids is 1. The minimum absolute atomic E-state index is 0.0443. The standard InChI is InChI=1S/C12H23NO3/c1-5-10(4)6-13-7-11(14)8-16-12(15)9(2)3/h10-11,13-14H,2,5-8H2,1,3-4H3/p+1. The molecule has 0 saturated carbocycles. The van der Waals surface area contributed by atoms with Crippen LogP contribution in [0, 0.1) is 5.92 Å². The summed E-state index contributed by atoms with van der Waals surface area (Å²) in [6.07, 6.45) is 0.532. The van der Waals surface area contributed by atoms with E-state index in [-0.39, 0.29) is 6.61 Å². The van der Waals surface area contributed by atoms with Crippen molar-refractivity contribution in [3.8, 4) is 0 Å². The SMILES string of the molecule is C=C(C)C(=O)OCC(O)C[NH2+]CC(C)CC. The van der Waals surface area contributed by atoms with Crippen molar-refractivity contribution >= 4 is 5.97 Å². The average Bonchev–Trinajstić information content (AvgIpc) is 2.25. The molecule has 16 heavy (non-hydrogen) atoms. The van der Waals surface area contributed by atoms with Crippen molar-refractivity contribution < 1.29 is 20.0 Å². The average molecular weight is 230 g/mol. The molecule has 3 N–H and O–H groups in total. The Hall–Kier alpha value is -0.870. The van der Waals surface area contributed by atoms with Gasteiger partial charge >= 0.3 is 5.97 Å². The smallest absolute Gasteiger partial charge is 0.333 e. The van der Waals surface area contributed by atoms with E-state index >= 15 is 0 Å².